The Morgan fingerprint density at radius 2 is 2.30 bits per heavy atom. The standard InChI is InChI=1S/C12H20N8/c1-7(20(2)8-3-4-8)5-14-10-9-6-15-19-11(9)17-12(16-10)18-13/h6-8H,3-5,13H2,1-2H3,(H3,14,15,16,17,18,19). The van der Waals surface area contributed by atoms with Gasteiger partial charge in [0, 0.05) is 18.6 Å². The fraction of sp³-hybridized carbons (Fsp3) is 0.583. The molecular weight excluding hydrogens is 256 g/mol. The quantitative estimate of drug-likeness (QED) is 0.450. The van der Waals surface area contributed by atoms with Crippen LogP contribution in [0.25, 0.3) is 11.0 Å². The topological polar surface area (TPSA) is 108 Å². The summed E-state index contributed by atoms with van der Waals surface area (Å²) in [5, 5.41) is 11.0. The summed E-state index contributed by atoms with van der Waals surface area (Å²) >= 11 is 0. The molecule has 0 aromatic carbocycles. The molecule has 0 spiro atoms. The van der Waals surface area contributed by atoms with Crippen LogP contribution in [0.3, 0.4) is 0 Å². The minimum absolute atomic E-state index is 0.368. The number of nitrogens with zero attached hydrogens (tertiary/aromatic N) is 4. The van der Waals surface area contributed by atoms with Gasteiger partial charge in [-0.3, -0.25) is 15.4 Å². The minimum Gasteiger partial charge on any atom is -0.368 e. The van der Waals surface area contributed by atoms with E-state index in [1.54, 1.807) is 6.20 Å². The van der Waals surface area contributed by atoms with Crippen LogP contribution in [0, 0.1) is 0 Å². The Labute approximate surface area is 117 Å². The number of nitrogen functional groups attached to an aromatic ring is 1. The Balaban J connectivity index is 1.74. The van der Waals surface area contributed by atoms with Gasteiger partial charge in [-0.2, -0.15) is 15.1 Å². The summed E-state index contributed by atoms with van der Waals surface area (Å²) in [7, 11) is 2.17. The summed E-state index contributed by atoms with van der Waals surface area (Å²) in [5.41, 5.74) is 3.13. The number of fused-ring (bicyclic) bond motifs is 1. The van der Waals surface area contributed by atoms with Crippen molar-refractivity contribution in [3.05, 3.63) is 6.20 Å². The lowest BCUT2D eigenvalue weighted by Gasteiger charge is -2.24. The molecule has 1 aliphatic carbocycles. The summed E-state index contributed by atoms with van der Waals surface area (Å²) in [6, 6.07) is 1.18. The first-order valence-electron chi connectivity index (χ1n) is 6.82. The zero-order valence-corrected chi connectivity index (χ0v) is 11.7. The molecule has 0 saturated heterocycles. The fourth-order valence-corrected chi connectivity index (χ4v) is 2.26. The van der Waals surface area contributed by atoms with E-state index < -0.39 is 0 Å². The second kappa shape index (κ2) is 5.22. The lowest BCUT2D eigenvalue weighted by molar-refractivity contribution is 0.257. The molecule has 108 valence electrons. The second-order valence-electron chi connectivity index (χ2n) is 5.30. The highest BCUT2D eigenvalue weighted by molar-refractivity contribution is 5.86. The van der Waals surface area contributed by atoms with Crippen molar-refractivity contribution in [1.29, 1.82) is 0 Å². The first-order chi connectivity index (χ1) is 9.69. The zero-order chi connectivity index (χ0) is 14.1. The molecule has 1 fully saturated rings. The Bertz CT molecular complexity index is 590. The summed E-state index contributed by atoms with van der Waals surface area (Å²) in [5.74, 6) is 6.50. The number of rotatable bonds is 6. The molecule has 2 aromatic rings. The molecule has 20 heavy (non-hydrogen) atoms. The molecule has 3 rings (SSSR count). The van der Waals surface area contributed by atoms with Gasteiger partial charge in [0.2, 0.25) is 5.95 Å². The van der Waals surface area contributed by atoms with Crippen LogP contribution in [0.2, 0.25) is 0 Å². The number of likely N-dealkylation sites (N-methyl/N-ethyl adjacent to an activating group) is 1. The number of H-pyrrole nitrogens is 1. The van der Waals surface area contributed by atoms with Gasteiger partial charge in [0.25, 0.3) is 0 Å². The third-order valence-electron chi connectivity index (χ3n) is 3.82. The molecule has 2 aromatic heterocycles. The first kappa shape index (κ1) is 13.1. The van der Waals surface area contributed by atoms with Crippen LogP contribution in [0.5, 0.6) is 0 Å². The van der Waals surface area contributed by atoms with E-state index in [-0.39, 0.29) is 0 Å². The molecule has 2 heterocycles. The summed E-state index contributed by atoms with van der Waals surface area (Å²) < 4.78 is 0. The van der Waals surface area contributed by atoms with Crippen molar-refractivity contribution < 1.29 is 0 Å². The highest BCUT2D eigenvalue weighted by Crippen LogP contribution is 2.27. The highest BCUT2D eigenvalue weighted by Gasteiger charge is 2.29. The van der Waals surface area contributed by atoms with Crippen LogP contribution in [-0.2, 0) is 0 Å². The van der Waals surface area contributed by atoms with E-state index in [4.69, 9.17) is 5.84 Å². The van der Waals surface area contributed by atoms with Gasteiger partial charge in [-0.05, 0) is 26.8 Å². The fourth-order valence-electron chi connectivity index (χ4n) is 2.26. The van der Waals surface area contributed by atoms with Crippen molar-refractivity contribution >= 4 is 22.8 Å². The average molecular weight is 276 g/mol. The molecule has 1 aliphatic rings. The maximum Gasteiger partial charge on any atom is 0.241 e. The summed E-state index contributed by atoms with van der Waals surface area (Å²) in [6.07, 6.45) is 4.33. The van der Waals surface area contributed by atoms with E-state index in [1.807, 2.05) is 0 Å². The van der Waals surface area contributed by atoms with E-state index in [2.05, 4.69) is 49.8 Å². The van der Waals surface area contributed by atoms with Crippen LogP contribution < -0.4 is 16.6 Å². The SMILES string of the molecule is CC(CNc1nc(NN)nc2[nH]ncc12)N(C)C1CC1. The van der Waals surface area contributed by atoms with Crippen molar-refractivity contribution in [1.82, 2.24) is 25.1 Å². The van der Waals surface area contributed by atoms with Crippen molar-refractivity contribution in [2.24, 2.45) is 5.84 Å². The maximum absolute atomic E-state index is 5.39. The van der Waals surface area contributed by atoms with Crippen molar-refractivity contribution in [3.8, 4) is 0 Å². The number of nitrogens with one attached hydrogen (secondary N) is 3. The molecule has 1 atom stereocenters. The molecule has 1 unspecified atom stereocenters. The third kappa shape index (κ3) is 2.52. The lowest BCUT2D eigenvalue weighted by atomic mass is 10.3. The number of aromatic amines is 1. The molecule has 5 N–H and O–H groups in total. The van der Waals surface area contributed by atoms with Gasteiger partial charge < -0.3 is 5.32 Å². The zero-order valence-electron chi connectivity index (χ0n) is 11.7. The summed E-state index contributed by atoms with van der Waals surface area (Å²) in [6.45, 7) is 3.02. The smallest absolute Gasteiger partial charge is 0.241 e. The van der Waals surface area contributed by atoms with E-state index in [9.17, 15) is 0 Å². The largest absolute Gasteiger partial charge is 0.368 e. The van der Waals surface area contributed by atoms with Gasteiger partial charge in [-0.15, -0.1) is 0 Å². The number of hydrazine groups is 1. The molecule has 0 aliphatic heterocycles. The maximum atomic E-state index is 5.39. The van der Waals surface area contributed by atoms with Gasteiger partial charge in [0.15, 0.2) is 5.65 Å². The number of hydrogen-bond donors (Lipinski definition) is 4. The summed E-state index contributed by atoms with van der Waals surface area (Å²) in [4.78, 5) is 11.0. The average Bonchev–Trinajstić information content (AvgIpc) is 3.21. The van der Waals surface area contributed by atoms with Crippen LogP contribution in [0.4, 0.5) is 11.8 Å². The Kier molecular flexibility index (Phi) is 3.41. The second-order valence-corrected chi connectivity index (χ2v) is 5.30. The van der Waals surface area contributed by atoms with Crippen molar-refractivity contribution in [2.75, 3.05) is 24.3 Å². The number of hydrogen-bond acceptors (Lipinski definition) is 7. The van der Waals surface area contributed by atoms with Gasteiger partial charge in [-0.1, -0.05) is 0 Å². The Hall–Kier alpha value is -1.93. The van der Waals surface area contributed by atoms with Gasteiger partial charge in [0.05, 0.1) is 11.6 Å². The van der Waals surface area contributed by atoms with Crippen LogP contribution in [-0.4, -0.2) is 50.7 Å². The van der Waals surface area contributed by atoms with Crippen LogP contribution >= 0.6 is 0 Å². The molecule has 8 heteroatoms. The Morgan fingerprint density at radius 1 is 1.50 bits per heavy atom. The van der Waals surface area contributed by atoms with E-state index >= 15 is 0 Å². The molecule has 0 radical (unpaired) electrons. The van der Waals surface area contributed by atoms with Crippen molar-refractivity contribution in [2.45, 2.75) is 31.8 Å². The number of anilines is 2. The molecule has 1 saturated carbocycles. The number of aromatic nitrogens is 4. The monoisotopic (exact) mass is 276 g/mol. The van der Waals surface area contributed by atoms with E-state index in [0.717, 1.165) is 23.8 Å². The van der Waals surface area contributed by atoms with Gasteiger partial charge in [0.1, 0.15) is 5.82 Å². The Morgan fingerprint density at radius 3 is 3.00 bits per heavy atom. The van der Waals surface area contributed by atoms with Crippen LogP contribution in [0.15, 0.2) is 6.20 Å². The number of nitrogens with two attached hydrogens (primary N) is 1. The molecular formula is C12H20N8. The van der Waals surface area contributed by atoms with Crippen molar-refractivity contribution in [3.63, 3.8) is 0 Å². The third-order valence-corrected chi connectivity index (χ3v) is 3.82. The molecule has 8 nitrogen and oxygen atoms in total. The van der Waals surface area contributed by atoms with E-state index in [0.29, 0.717) is 17.6 Å². The normalized spacial score (nSPS) is 16.6. The highest BCUT2D eigenvalue weighted by atomic mass is 15.3. The van der Waals surface area contributed by atoms with Crippen LogP contribution in [0.1, 0.15) is 19.8 Å². The molecule has 0 amide bonds. The van der Waals surface area contributed by atoms with E-state index in [1.165, 1.54) is 12.8 Å². The predicted octanol–water partition coefficient (Wildman–Crippen LogP) is 0.533. The minimum atomic E-state index is 0.368. The predicted molar refractivity (Wildman–Crippen MR) is 78.2 cm³/mol. The first-order valence-corrected chi connectivity index (χ1v) is 6.82. The van der Waals surface area contributed by atoms with Gasteiger partial charge in [-0.25, -0.2) is 5.84 Å². The van der Waals surface area contributed by atoms with Gasteiger partial charge >= 0.3 is 0 Å². The molecule has 0 bridgehead atoms. The lowest BCUT2D eigenvalue weighted by Crippen LogP contribution is -2.36.